The number of nitrogens with one attached hydrogen (secondary N) is 1. The molecule has 3 heteroatoms. The molecular weight excluding hydrogens is 224 g/mol. The summed E-state index contributed by atoms with van der Waals surface area (Å²) in [6.45, 7) is 4.55. The van der Waals surface area contributed by atoms with E-state index in [1.165, 1.54) is 11.1 Å². The number of nitrogens with zero attached hydrogens (tertiary/aromatic N) is 1. The van der Waals surface area contributed by atoms with Crippen molar-refractivity contribution in [3.8, 4) is 0 Å². The standard InChI is InChI=1S/C15H18N2O/c1-10-12-7-5-4-6-11(12)8-15(10,2)14-13(16-3)9-18-17-14/h4-7,9-10,16H,8H2,1-3H3. The summed E-state index contributed by atoms with van der Waals surface area (Å²) in [5.41, 5.74) is 4.91. The molecule has 3 nitrogen and oxygen atoms in total. The second kappa shape index (κ2) is 3.87. The van der Waals surface area contributed by atoms with Crippen molar-refractivity contribution in [3.05, 3.63) is 47.3 Å². The number of hydrogen-bond acceptors (Lipinski definition) is 3. The molecule has 2 atom stereocenters. The van der Waals surface area contributed by atoms with Gasteiger partial charge < -0.3 is 9.84 Å². The topological polar surface area (TPSA) is 38.1 Å². The molecule has 0 aliphatic heterocycles. The number of benzene rings is 1. The van der Waals surface area contributed by atoms with E-state index in [4.69, 9.17) is 4.52 Å². The van der Waals surface area contributed by atoms with Crippen molar-refractivity contribution in [3.63, 3.8) is 0 Å². The van der Waals surface area contributed by atoms with Crippen LogP contribution in [0.15, 0.2) is 35.1 Å². The Bertz CT molecular complexity index is 575. The molecule has 0 fully saturated rings. The largest absolute Gasteiger partial charge is 0.384 e. The first-order valence-corrected chi connectivity index (χ1v) is 6.37. The summed E-state index contributed by atoms with van der Waals surface area (Å²) >= 11 is 0. The van der Waals surface area contributed by atoms with Gasteiger partial charge in [-0.15, -0.1) is 0 Å². The number of anilines is 1. The lowest BCUT2D eigenvalue weighted by Crippen LogP contribution is -2.27. The molecular formula is C15H18N2O. The Labute approximate surface area is 107 Å². The Balaban J connectivity index is 2.09. The van der Waals surface area contributed by atoms with Gasteiger partial charge >= 0.3 is 0 Å². The van der Waals surface area contributed by atoms with Crippen LogP contribution in [0.3, 0.4) is 0 Å². The maximum absolute atomic E-state index is 5.15. The third-order valence-electron chi connectivity index (χ3n) is 4.41. The third-order valence-corrected chi connectivity index (χ3v) is 4.41. The Morgan fingerprint density at radius 3 is 2.89 bits per heavy atom. The molecule has 18 heavy (non-hydrogen) atoms. The van der Waals surface area contributed by atoms with Gasteiger partial charge in [0.15, 0.2) is 0 Å². The normalized spacial score (nSPS) is 26.1. The van der Waals surface area contributed by atoms with E-state index in [1.54, 1.807) is 6.26 Å². The molecule has 2 aromatic rings. The third kappa shape index (κ3) is 1.40. The highest BCUT2D eigenvalue weighted by Crippen LogP contribution is 2.49. The lowest BCUT2D eigenvalue weighted by atomic mass is 9.75. The second-order valence-electron chi connectivity index (χ2n) is 5.34. The van der Waals surface area contributed by atoms with Gasteiger partial charge in [0.25, 0.3) is 0 Å². The fraction of sp³-hybridized carbons (Fsp3) is 0.400. The van der Waals surface area contributed by atoms with E-state index in [0.717, 1.165) is 17.8 Å². The van der Waals surface area contributed by atoms with E-state index in [0.29, 0.717) is 5.92 Å². The smallest absolute Gasteiger partial charge is 0.147 e. The monoisotopic (exact) mass is 242 g/mol. The molecule has 0 amide bonds. The lowest BCUT2D eigenvalue weighted by molar-refractivity contribution is 0.357. The summed E-state index contributed by atoms with van der Waals surface area (Å²) in [6, 6.07) is 8.67. The molecule has 0 radical (unpaired) electrons. The van der Waals surface area contributed by atoms with Crippen LogP contribution in [-0.4, -0.2) is 12.2 Å². The zero-order valence-corrected chi connectivity index (χ0v) is 11.0. The van der Waals surface area contributed by atoms with E-state index >= 15 is 0 Å². The first-order valence-electron chi connectivity index (χ1n) is 6.37. The van der Waals surface area contributed by atoms with Gasteiger partial charge in [-0.1, -0.05) is 43.3 Å². The molecule has 1 aromatic heterocycles. The van der Waals surface area contributed by atoms with Crippen molar-refractivity contribution < 1.29 is 4.52 Å². The Morgan fingerprint density at radius 2 is 2.17 bits per heavy atom. The zero-order valence-electron chi connectivity index (χ0n) is 11.0. The number of fused-ring (bicyclic) bond motifs is 1. The Morgan fingerprint density at radius 1 is 1.39 bits per heavy atom. The van der Waals surface area contributed by atoms with Crippen LogP contribution in [0.5, 0.6) is 0 Å². The highest BCUT2D eigenvalue weighted by Gasteiger charge is 2.44. The van der Waals surface area contributed by atoms with Gasteiger partial charge in [0.1, 0.15) is 12.0 Å². The number of rotatable bonds is 2. The van der Waals surface area contributed by atoms with Gasteiger partial charge in [-0.05, 0) is 23.5 Å². The number of aromatic nitrogens is 1. The van der Waals surface area contributed by atoms with Crippen LogP contribution in [0.25, 0.3) is 0 Å². The van der Waals surface area contributed by atoms with E-state index < -0.39 is 0 Å². The summed E-state index contributed by atoms with van der Waals surface area (Å²) < 4.78 is 5.15. The SMILES string of the molecule is CNc1conc1C1(C)Cc2ccccc2C1C. The van der Waals surface area contributed by atoms with Crippen molar-refractivity contribution in [2.75, 3.05) is 12.4 Å². The minimum absolute atomic E-state index is 0.00896. The fourth-order valence-electron chi connectivity index (χ4n) is 3.12. The Hall–Kier alpha value is -1.77. The average molecular weight is 242 g/mol. The minimum Gasteiger partial charge on any atom is -0.384 e. The van der Waals surface area contributed by atoms with Crippen molar-refractivity contribution in [2.45, 2.75) is 31.6 Å². The molecule has 0 saturated heterocycles. The maximum atomic E-state index is 5.15. The van der Waals surface area contributed by atoms with Crippen molar-refractivity contribution >= 4 is 5.69 Å². The minimum atomic E-state index is 0.00896. The molecule has 2 unspecified atom stereocenters. The summed E-state index contributed by atoms with van der Waals surface area (Å²) in [5.74, 6) is 0.450. The molecule has 1 heterocycles. The molecule has 0 bridgehead atoms. The van der Waals surface area contributed by atoms with Gasteiger partial charge in [-0.25, -0.2) is 0 Å². The van der Waals surface area contributed by atoms with Crippen LogP contribution < -0.4 is 5.32 Å². The van der Waals surface area contributed by atoms with Crippen LogP contribution in [-0.2, 0) is 11.8 Å². The second-order valence-corrected chi connectivity index (χ2v) is 5.34. The lowest BCUT2D eigenvalue weighted by Gasteiger charge is -2.28. The molecule has 1 aromatic carbocycles. The van der Waals surface area contributed by atoms with E-state index in [-0.39, 0.29) is 5.41 Å². The molecule has 1 aliphatic rings. The highest BCUT2D eigenvalue weighted by atomic mass is 16.5. The summed E-state index contributed by atoms with van der Waals surface area (Å²) in [4.78, 5) is 0. The summed E-state index contributed by atoms with van der Waals surface area (Å²) in [7, 11) is 1.91. The molecule has 3 rings (SSSR count). The first kappa shape index (κ1) is 11.3. The quantitative estimate of drug-likeness (QED) is 0.877. The van der Waals surface area contributed by atoms with E-state index in [1.807, 2.05) is 7.05 Å². The van der Waals surface area contributed by atoms with Gasteiger partial charge in [0.05, 0.1) is 5.69 Å². The van der Waals surface area contributed by atoms with Crippen molar-refractivity contribution in [2.24, 2.45) is 0 Å². The van der Waals surface area contributed by atoms with Crippen LogP contribution in [0, 0.1) is 0 Å². The first-order chi connectivity index (χ1) is 8.66. The van der Waals surface area contributed by atoms with Crippen molar-refractivity contribution in [1.82, 2.24) is 5.16 Å². The van der Waals surface area contributed by atoms with Gasteiger partial charge in [-0.2, -0.15) is 0 Å². The van der Waals surface area contributed by atoms with Crippen LogP contribution in [0.4, 0.5) is 5.69 Å². The van der Waals surface area contributed by atoms with Gasteiger partial charge in [0.2, 0.25) is 0 Å². The molecule has 0 spiro atoms. The Kier molecular flexibility index (Phi) is 2.44. The van der Waals surface area contributed by atoms with E-state index in [9.17, 15) is 0 Å². The molecule has 0 saturated carbocycles. The zero-order chi connectivity index (χ0) is 12.8. The number of hydrogen-bond donors (Lipinski definition) is 1. The van der Waals surface area contributed by atoms with Crippen molar-refractivity contribution in [1.29, 1.82) is 0 Å². The maximum Gasteiger partial charge on any atom is 0.147 e. The average Bonchev–Trinajstić information content (AvgIpc) is 2.95. The fourth-order valence-corrected chi connectivity index (χ4v) is 3.12. The van der Waals surface area contributed by atoms with Crippen LogP contribution in [0.1, 0.15) is 36.6 Å². The predicted molar refractivity (Wildman–Crippen MR) is 72.0 cm³/mol. The van der Waals surface area contributed by atoms with Gasteiger partial charge in [0, 0.05) is 12.5 Å². The van der Waals surface area contributed by atoms with Crippen LogP contribution in [0.2, 0.25) is 0 Å². The van der Waals surface area contributed by atoms with E-state index in [2.05, 4.69) is 48.6 Å². The summed E-state index contributed by atoms with van der Waals surface area (Å²) in [5, 5.41) is 7.41. The van der Waals surface area contributed by atoms with Gasteiger partial charge in [-0.3, -0.25) is 0 Å². The van der Waals surface area contributed by atoms with Crippen LogP contribution >= 0.6 is 0 Å². The summed E-state index contributed by atoms with van der Waals surface area (Å²) in [6.07, 6.45) is 2.71. The molecule has 1 aliphatic carbocycles. The molecule has 1 N–H and O–H groups in total. The predicted octanol–water partition coefficient (Wildman–Crippen LogP) is 3.33. The highest BCUT2D eigenvalue weighted by molar-refractivity contribution is 5.53. The molecule has 94 valence electrons.